The van der Waals surface area contributed by atoms with Crippen LogP contribution in [0, 0.1) is 6.92 Å². The molecule has 0 spiro atoms. The Bertz CT molecular complexity index is 1430. The van der Waals surface area contributed by atoms with Crippen molar-refractivity contribution in [2.75, 3.05) is 32.8 Å². The second-order valence-electron chi connectivity index (χ2n) is 9.78. The van der Waals surface area contributed by atoms with E-state index in [0.29, 0.717) is 63.0 Å². The van der Waals surface area contributed by atoms with E-state index in [4.69, 9.17) is 9.15 Å². The molecule has 0 unspecified atom stereocenters. The maximum atomic E-state index is 13.1. The first-order valence-electron chi connectivity index (χ1n) is 13.2. The lowest BCUT2D eigenvalue weighted by Crippen LogP contribution is -2.48. The summed E-state index contributed by atoms with van der Waals surface area (Å²) in [5.41, 5.74) is 2.47. The van der Waals surface area contributed by atoms with Crippen LogP contribution in [0.15, 0.2) is 83.3 Å². The largest absolute Gasteiger partial charge is 0.493 e. The van der Waals surface area contributed by atoms with Crippen molar-refractivity contribution in [1.82, 2.24) is 14.8 Å². The zero-order chi connectivity index (χ0) is 28.1. The Hall–Kier alpha value is -4.11. The van der Waals surface area contributed by atoms with Gasteiger partial charge in [0.05, 0.1) is 17.9 Å². The maximum Gasteiger partial charge on any atom is 0.416 e. The van der Waals surface area contributed by atoms with Crippen LogP contribution in [0.1, 0.15) is 32.9 Å². The smallest absolute Gasteiger partial charge is 0.416 e. The Kier molecular flexibility index (Phi) is 8.21. The number of benzene rings is 3. The summed E-state index contributed by atoms with van der Waals surface area (Å²) >= 11 is 0. The number of halogens is 3. The van der Waals surface area contributed by atoms with Crippen molar-refractivity contribution in [2.45, 2.75) is 26.1 Å². The summed E-state index contributed by atoms with van der Waals surface area (Å²) in [5, 5.41) is 0. The molecule has 3 aromatic carbocycles. The van der Waals surface area contributed by atoms with Crippen LogP contribution >= 0.6 is 0 Å². The molecule has 0 radical (unpaired) electrons. The number of piperazine rings is 1. The van der Waals surface area contributed by atoms with Crippen LogP contribution in [0.5, 0.6) is 5.75 Å². The standard InChI is InChI=1S/C31H30F3N3O3/c1-22-28(35-29(40-22)24-6-3-2-4-7-24)14-19-39-27-9-5-8-25(20-27)30(38)37-17-15-36(16-18-37)21-23-10-12-26(13-11-23)31(32,33)34/h2-13,20H,14-19,21H2,1H3. The molecular weight excluding hydrogens is 519 g/mol. The fraction of sp³-hybridized carbons (Fsp3) is 0.290. The number of aryl methyl sites for hydroxylation is 1. The number of amides is 1. The van der Waals surface area contributed by atoms with E-state index in [1.165, 1.54) is 12.1 Å². The third-order valence-electron chi connectivity index (χ3n) is 6.95. The number of hydrogen-bond donors (Lipinski definition) is 0. The first kappa shape index (κ1) is 27.5. The average Bonchev–Trinajstić information content (AvgIpc) is 3.34. The molecule has 0 bridgehead atoms. The van der Waals surface area contributed by atoms with Crippen LogP contribution in [0.2, 0.25) is 0 Å². The lowest BCUT2D eigenvalue weighted by atomic mass is 10.1. The summed E-state index contributed by atoms with van der Waals surface area (Å²) in [6, 6.07) is 22.1. The number of aromatic nitrogens is 1. The quantitative estimate of drug-likeness (QED) is 0.260. The normalized spacial score (nSPS) is 14.3. The SMILES string of the molecule is Cc1oc(-c2ccccc2)nc1CCOc1cccc(C(=O)N2CCN(Cc3ccc(C(F)(F)F)cc3)CC2)c1. The van der Waals surface area contributed by atoms with Gasteiger partial charge in [-0.3, -0.25) is 9.69 Å². The summed E-state index contributed by atoms with van der Waals surface area (Å²) in [7, 11) is 0. The van der Waals surface area contributed by atoms with Gasteiger partial charge in [-0.15, -0.1) is 0 Å². The number of carbonyl (C=O) groups is 1. The molecule has 0 aliphatic carbocycles. The molecule has 0 N–H and O–H groups in total. The van der Waals surface area contributed by atoms with Gasteiger partial charge in [0.1, 0.15) is 11.5 Å². The second kappa shape index (κ2) is 12.0. The van der Waals surface area contributed by atoms with Crippen molar-refractivity contribution in [3.05, 3.63) is 107 Å². The van der Waals surface area contributed by atoms with Gasteiger partial charge in [-0.1, -0.05) is 36.4 Å². The van der Waals surface area contributed by atoms with Gasteiger partial charge in [0.15, 0.2) is 0 Å². The highest BCUT2D eigenvalue weighted by molar-refractivity contribution is 5.94. The van der Waals surface area contributed by atoms with E-state index in [2.05, 4.69) is 9.88 Å². The minimum atomic E-state index is -4.34. The van der Waals surface area contributed by atoms with Crippen molar-refractivity contribution in [1.29, 1.82) is 0 Å². The van der Waals surface area contributed by atoms with Gasteiger partial charge >= 0.3 is 6.18 Å². The molecule has 9 heteroatoms. The van der Waals surface area contributed by atoms with Crippen molar-refractivity contribution in [3.63, 3.8) is 0 Å². The fourth-order valence-corrected chi connectivity index (χ4v) is 4.70. The van der Waals surface area contributed by atoms with Gasteiger partial charge in [0.25, 0.3) is 5.91 Å². The molecule has 2 heterocycles. The zero-order valence-electron chi connectivity index (χ0n) is 22.2. The van der Waals surface area contributed by atoms with E-state index >= 15 is 0 Å². The van der Waals surface area contributed by atoms with E-state index < -0.39 is 11.7 Å². The van der Waals surface area contributed by atoms with Crippen LogP contribution in [0.25, 0.3) is 11.5 Å². The van der Waals surface area contributed by atoms with E-state index in [-0.39, 0.29) is 5.91 Å². The lowest BCUT2D eigenvalue weighted by molar-refractivity contribution is -0.137. The van der Waals surface area contributed by atoms with Crippen molar-refractivity contribution >= 4 is 5.91 Å². The first-order valence-corrected chi connectivity index (χ1v) is 13.2. The van der Waals surface area contributed by atoms with E-state index in [0.717, 1.165) is 34.7 Å². The van der Waals surface area contributed by atoms with Crippen molar-refractivity contribution in [2.24, 2.45) is 0 Å². The molecule has 1 amide bonds. The predicted molar refractivity (Wildman–Crippen MR) is 145 cm³/mol. The Morgan fingerprint density at radius 2 is 1.68 bits per heavy atom. The molecule has 5 rings (SSSR count). The molecule has 1 aliphatic heterocycles. The third-order valence-corrected chi connectivity index (χ3v) is 6.95. The highest BCUT2D eigenvalue weighted by Gasteiger charge is 2.30. The Balaban J connectivity index is 1.11. The van der Waals surface area contributed by atoms with Gasteiger partial charge in [-0.2, -0.15) is 13.2 Å². The van der Waals surface area contributed by atoms with Crippen LogP contribution in [0.4, 0.5) is 13.2 Å². The number of carbonyl (C=O) groups excluding carboxylic acids is 1. The third kappa shape index (κ3) is 6.71. The monoisotopic (exact) mass is 549 g/mol. The summed E-state index contributed by atoms with van der Waals surface area (Å²) in [4.78, 5) is 21.7. The summed E-state index contributed by atoms with van der Waals surface area (Å²) in [6.07, 6.45) is -3.77. The molecule has 0 atom stereocenters. The minimum Gasteiger partial charge on any atom is -0.493 e. The molecule has 1 aliphatic rings. The van der Waals surface area contributed by atoms with Crippen LogP contribution in [0.3, 0.4) is 0 Å². The molecule has 0 saturated carbocycles. The molecule has 1 aromatic heterocycles. The maximum absolute atomic E-state index is 13.1. The van der Waals surface area contributed by atoms with Gasteiger partial charge < -0.3 is 14.1 Å². The highest BCUT2D eigenvalue weighted by Crippen LogP contribution is 2.29. The number of hydrogen-bond acceptors (Lipinski definition) is 5. The lowest BCUT2D eigenvalue weighted by Gasteiger charge is -2.34. The number of alkyl halides is 3. The Morgan fingerprint density at radius 3 is 2.38 bits per heavy atom. The summed E-state index contributed by atoms with van der Waals surface area (Å²) in [6.45, 7) is 5.19. The number of nitrogens with zero attached hydrogens (tertiary/aromatic N) is 3. The predicted octanol–water partition coefficient (Wildman–Crippen LogP) is 6.25. The molecule has 6 nitrogen and oxygen atoms in total. The number of rotatable bonds is 8. The molecule has 4 aromatic rings. The summed E-state index contributed by atoms with van der Waals surface area (Å²) in [5.74, 6) is 1.87. The van der Waals surface area contributed by atoms with Gasteiger partial charge in [0.2, 0.25) is 5.89 Å². The molecule has 40 heavy (non-hydrogen) atoms. The molecule has 208 valence electrons. The fourth-order valence-electron chi connectivity index (χ4n) is 4.70. The molecular formula is C31H30F3N3O3. The summed E-state index contributed by atoms with van der Waals surface area (Å²) < 4.78 is 50.2. The van der Waals surface area contributed by atoms with Crippen LogP contribution in [-0.2, 0) is 19.1 Å². The number of ether oxygens (including phenoxy) is 1. The Labute approximate surface area is 231 Å². The van der Waals surface area contributed by atoms with Crippen LogP contribution in [-0.4, -0.2) is 53.5 Å². The zero-order valence-corrected chi connectivity index (χ0v) is 22.2. The van der Waals surface area contributed by atoms with E-state index in [9.17, 15) is 18.0 Å². The Morgan fingerprint density at radius 1 is 0.950 bits per heavy atom. The van der Waals surface area contributed by atoms with Gasteiger partial charge in [0, 0.05) is 50.3 Å². The second-order valence-corrected chi connectivity index (χ2v) is 9.78. The number of oxazole rings is 1. The molecule has 1 saturated heterocycles. The highest BCUT2D eigenvalue weighted by atomic mass is 19.4. The van der Waals surface area contributed by atoms with Crippen LogP contribution < -0.4 is 4.74 Å². The topological polar surface area (TPSA) is 58.8 Å². The van der Waals surface area contributed by atoms with Crippen molar-refractivity contribution < 1.29 is 27.1 Å². The van der Waals surface area contributed by atoms with Gasteiger partial charge in [-0.25, -0.2) is 4.98 Å². The first-order chi connectivity index (χ1) is 19.3. The average molecular weight is 550 g/mol. The van der Waals surface area contributed by atoms with E-state index in [1.807, 2.05) is 43.3 Å². The van der Waals surface area contributed by atoms with Gasteiger partial charge in [-0.05, 0) is 55.0 Å². The molecule has 1 fully saturated rings. The minimum absolute atomic E-state index is 0.0699. The van der Waals surface area contributed by atoms with E-state index in [1.54, 1.807) is 23.1 Å². The van der Waals surface area contributed by atoms with Crippen molar-refractivity contribution in [3.8, 4) is 17.2 Å².